The second kappa shape index (κ2) is 6.87. The second-order valence-corrected chi connectivity index (χ2v) is 9.34. The Morgan fingerprint density at radius 1 is 1.11 bits per heavy atom. The molecule has 2 aromatic rings. The Kier molecular flexibility index (Phi) is 4.67. The van der Waals surface area contributed by atoms with Crippen LogP contribution in [0.2, 0.25) is 0 Å². The lowest BCUT2D eigenvalue weighted by molar-refractivity contribution is 0.284. The van der Waals surface area contributed by atoms with Crippen molar-refractivity contribution in [3.05, 3.63) is 40.2 Å². The summed E-state index contributed by atoms with van der Waals surface area (Å²) in [6.07, 6.45) is 6.63. The maximum atomic E-state index is 12.5. The molecule has 2 aliphatic carbocycles. The topological polar surface area (TPSA) is 98.9 Å². The van der Waals surface area contributed by atoms with Gasteiger partial charge in [-0.05, 0) is 51.5 Å². The van der Waals surface area contributed by atoms with E-state index in [0.29, 0.717) is 24.6 Å². The number of hydrogen-bond donors (Lipinski definition) is 1. The minimum Gasteiger partial charge on any atom is -0.337 e. The van der Waals surface area contributed by atoms with Crippen LogP contribution in [0.4, 0.5) is 0 Å². The third-order valence-electron chi connectivity index (χ3n) is 5.57. The van der Waals surface area contributed by atoms with E-state index < -0.39 is 10.0 Å². The number of aromatic nitrogens is 4. The van der Waals surface area contributed by atoms with Gasteiger partial charge in [0, 0.05) is 31.3 Å². The van der Waals surface area contributed by atoms with E-state index in [2.05, 4.69) is 14.8 Å². The van der Waals surface area contributed by atoms with E-state index in [4.69, 9.17) is 0 Å². The molecule has 0 amide bonds. The SMILES string of the molecule is Cc1nc(S(=O)(=O)NC2CCC(n3nc(C4CC4)ccc3=O)CC2)cn1C. The van der Waals surface area contributed by atoms with E-state index in [1.54, 1.807) is 29.3 Å². The number of imidazole rings is 1. The minimum atomic E-state index is -3.63. The molecule has 0 unspecified atom stereocenters. The highest BCUT2D eigenvalue weighted by Gasteiger charge is 2.30. The fourth-order valence-electron chi connectivity index (χ4n) is 3.67. The molecule has 0 radical (unpaired) electrons. The van der Waals surface area contributed by atoms with Crippen LogP contribution in [0, 0.1) is 6.92 Å². The lowest BCUT2D eigenvalue weighted by Gasteiger charge is -2.29. The van der Waals surface area contributed by atoms with Gasteiger partial charge in [0.25, 0.3) is 15.6 Å². The second-order valence-electron chi connectivity index (χ2n) is 7.68. The summed E-state index contributed by atoms with van der Waals surface area (Å²) in [5.74, 6) is 1.15. The van der Waals surface area contributed by atoms with Crippen molar-refractivity contribution in [2.45, 2.75) is 68.5 Å². The Hall–Kier alpha value is -2.00. The smallest absolute Gasteiger partial charge is 0.267 e. The Morgan fingerprint density at radius 2 is 1.81 bits per heavy atom. The molecule has 0 bridgehead atoms. The van der Waals surface area contributed by atoms with Crippen LogP contribution in [0.1, 0.15) is 62.0 Å². The van der Waals surface area contributed by atoms with Crippen molar-refractivity contribution >= 4 is 10.0 Å². The molecule has 2 saturated carbocycles. The van der Waals surface area contributed by atoms with Crippen LogP contribution in [0.5, 0.6) is 0 Å². The first kappa shape index (κ1) is 18.4. The van der Waals surface area contributed by atoms with Crippen molar-refractivity contribution in [1.29, 1.82) is 0 Å². The van der Waals surface area contributed by atoms with Gasteiger partial charge in [0.15, 0.2) is 5.03 Å². The maximum Gasteiger partial charge on any atom is 0.267 e. The zero-order chi connectivity index (χ0) is 19.2. The molecular formula is C18H25N5O3S. The average Bonchev–Trinajstić information content (AvgIpc) is 3.41. The molecule has 0 aromatic carbocycles. The van der Waals surface area contributed by atoms with Crippen molar-refractivity contribution in [2.75, 3.05) is 0 Å². The van der Waals surface area contributed by atoms with Gasteiger partial charge in [0.2, 0.25) is 0 Å². The van der Waals surface area contributed by atoms with E-state index >= 15 is 0 Å². The first-order chi connectivity index (χ1) is 12.8. The van der Waals surface area contributed by atoms with Crippen LogP contribution in [0.3, 0.4) is 0 Å². The van der Waals surface area contributed by atoms with Crippen LogP contribution >= 0.6 is 0 Å². The monoisotopic (exact) mass is 391 g/mol. The molecule has 27 heavy (non-hydrogen) atoms. The van der Waals surface area contributed by atoms with E-state index in [-0.39, 0.29) is 22.7 Å². The molecule has 2 aliphatic rings. The molecule has 2 fully saturated rings. The summed E-state index contributed by atoms with van der Waals surface area (Å²) in [5.41, 5.74) is 0.926. The van der Waals surface area contributed by atoms with Crippen molar-refractivity contribution in [1.82, 2.24) is 24.1 Å². The summed E-state index contributed by atoms with van der Waals surface area (Å²) >= 11 is 0. The fraction of sp³-hybridized carbons (Fsp3) is 0.611. The molecule has 0 saturated heterocycles. The van der Waals surface area contributed by atoms with Crippen molar-refractivity contribution in [2.24, 2.45) is 7.05 Å². The summed E-state index contributed by atoms with van der Waals surface area (Å²) in [4.78, 5) is 16.3. The summed E-state index contributed by atoms with van der Waals surface area (Å²) in [6, 6.07) is 3.34. The number of rotatable bonds is 5. The zero-order valence-corrected chi connectivity index (χ0v) is 16.4. The summed E-state index contributed by atoms with van der Waals surface area (Å²) in [7, 11) is -1.86. The lowest BCUT2D eigenvalue weighted by Crippen LogP contribution is -2.39. The number of nitrogens with zero attached hydrogens (tertiary/aromatic N) is 4. The number of nitrogens with one attached hydrogen (secondary N) is 1. The van der Waals surface area contributed by atoms with E-state index in [1.165, 1.54) is 6.20 Å². The van der Waals surface area contributed by atoms with Crippen LogP contribution < -0.4 is 10.3 Å². The van der Waals surface area contributed by atoms with Gasteiger partial charge in [-0.25, -0.2) is 22.8 Å². The summed E-state index contributed by atoms with van der Waals surface area (Å²) < 4.78 is 31.2. The van der Waals surface area contributed by atoms with Gasteiger partial charge < -0.3 is 4.57 Å². The van der Waals surface area contributed by atoms with Crippen LogP contribution in [-0.4, -0.2) is 33.8 Å². The highest BCUT2D eigenvalue weighted by atomic mass is 32.2. The van der Waals surface area contributed by atoms with Gasteiger partial charge in [-0.3, -0.25) is 4.79 Å². The first-order valence-corrected chi connectivity index (χ1v) is 10.9. The molecule has 2 aromatic heterocycles. The average molecular weight is 391 g/mol. The highest BCUT2D eigenvalue weighted by Crippen LogP contribution is 2.38. The molecule has 1 N–H and O–H groups in total. The molecule has 0 spiro atoms. The Bertz CT molecular complexity index is 979. The Labute approximate surface area is 158 Å². The van der Waals surface area contributed by atoms with Gasteiger partial charge in [0.05, 0.1) is 11.7 Å². The van der Waals surface area contributed by atoms with Crippen LogP contribution in [-0.2, 0) is 17.1 Å². The van der Waals surface area contributed by atoms with Crippen molar-refractivity contribution in [3.8, 4) is 0 Å². The Balaban J connectivity index is 1.42. The molecule has 2 heterocycles. The number of sulfonamides is 1. The number of aryl methyl sites for hydroxylation is 2. The van der Waals surface area contributed by atoms with Crippen molar-refractivity contribution < 1.29 is 8.42 Å². The normalized spacial score (nSPS) is 23.5. The Morgan fingerprint density at radius 3 is 2.41 bits per heavy atom. The lowest BCUT2D eigenvalue weighted by atomic mass is 9.92. The predicted molar refractivity (Wildman–Crippen MR) is 100 cm³/mol. The molecular weight excluding hydrogens is 366 g/mol. The third kappa shape index (κ3) is 3.84. The van der Waals surface area contributed by atoms with Crippen LogP contribution in [0.25, 0.3) is 0 Å². The zero-order valence-electron chi connectivity index (χ0n) is 15.6. The molecule has 146 valence electrons. The predicted octanol–water partition coefficient (Wildman–Crippen LogP) is 1.62. The molecule has 8 nitrogen and oxygen atoms in total. The maximum absolute atomic E-state index is 12.5. The van der Waals surface area contributed by atoms with Gasteiger partial charge in [-0.2, -0.15) is 5.10 Å². The van der Waals surface area contributed by atoms with E-state index in [9.17, 15) is 13.2 Å². The fourth-order valence-corrected chi connectivity index (χ4v) is 5.02. The number of hydrogen-bond acceptors (Lipinski definition) is 5. The third-order valence-corrected chi connectivity index (χ3v) is 6.96. The summed E-state index contributed by atoms with van der Waals surface area (Å²) in [6.45, 7) is 1.77. The van der Waals surface area contributed by atoms with Crippen molar-refractivity contribution in [3.63, 3.8) is 0 Å². The largest absolute Gasteiger partial charge is 0.337 e. The minimum absolute atomic E-state index is 0.0362. The van der Waals surface area contributed by atoms with Gasteiger partial charge in [0.1, 0.15) is 5.82 Å². The highest BCUT2D eigenvalue weighted by molar-refractivity contribution is 7.89. The first-order valence-electron chi connectivity index (χ1n) is 9.45. The summed E-state index contributed by atoms with van der Waals surface area (Å²) in [5, 5.41) is 4.63. The molecule has 0 atom stereocenters. The van der Waals surface area contributed by atoms with Gasteiger partial charge >= 0.3 is 0 Å². The molecule has 0 aliphatic heterocycles. The molecule has 4 rings (SSSR count). The van der Waals surface area contributed by atoms with Gasteiger partial charge in [-0.15, -0.1) is 0 Å². The quantitative estimate of drug-likeness (QED) is 0.835. The van der Waals surface area contributed by atoms with Crippen LogP contribution in [0.15, 0.2) is 28.2 Å². The van der Waals surface area contributed by atoms with E-state index in [1.807, 2.05) is 6.07 Å². The standard InChI is InChI=1S/C18H25N5O3S/c1-12-19-17(11-22(12)2)27(25,26)21-14-5-7-15(8-6-14)23-18(24)10-9-16(20-23)13-3-4-13/h9-11,13-15,21H,3-8H2,1-2H3. The molecule has 9 heteroatoms. The van der Waals surface area contributed by atoms with E-state index in [0.717, 1.165) is 31.4 Å². The van der Waals surface area contributed by atoms with Gasteiger partial charge in [-0.1, -0.05) is 0 Å².